The molecule has 0 aromatic heterocycles. The van der Waals surface area contributed by atoms with Crippen LogP contribution in [0.1, 0.15) is 148 Å². The lowest BCUT2D eigenvalue weighted by Gasteiger charge is -2.17. The molecule has 0 spiro atoms. The predicted molar refractivity (Wildman–Crippen MR) is 166 cm³/mol. The third-order valence-corrected chi connectivity index (χ3v) is 7.12. The Morgan fingerprint density at radius 1 is 0.641 bits per heavy atom. The maximum atomic E-state index is 12.3. The molecule has 0 amide bonds. The molecule has 0 rings (SSSR count). The first-order valence-electron chi connectivity index (χ1n) is 16.2. The van der Waals surface area contributed by atoms with Crippen LogP contribution in [-0.4, -0.2) is 50.7 Å². The standard InChI is InChI=1S/C34H63NO4/c1-5-6-7-8-20-23-27-32(39-34(37)30-26-31-35(2)3)28-24-21-18-16-14-12-10-9-11-13-15-17-19-22-25-29-33(36)38-4/h9,11,21,24,32H,5-8,10,12-20,22-23,25-31H2,1-4H3/b11-9-,24-21+. The van der Waals surface area contributed by atoms with E-state index in [0.29, 0.717) is 12.8 Å². The monoisotopic (exact) mass is 549 g/mol. The van der Waals surface area contributed by atoms with E-state index < -0.39 is 0 Å². The minimum atomic E-state index is -0.0919. The Kier molecular flexibility index (Phi) is 28.1. The minimum absolute atomic E-state index is 0.0317. The molecule has 5 heteroatoms. The van der Waals surface area contributed by atoms with Crippen molar-refractivity contribution in [2.24, 2.45) is 0 Å². The fourth-order valence-corrected chi connectivity index (χ4v) is 4.63. The summed E-state index contributed by atoms with van der Waals surface area (Å²) < 4.78 is 10.5. The van der Waals surface area contributed by atoms with Crippen LogP contribution in [0.2, 0.25) is 0 Å². The van der Waals surface area contributed by atoms with Crippen molar-refractivity contribution in [3.8, 4) is 0 Å². The van der Waals surface area contributed by atoms with Crippen LogP contribution in [-0.2, 0) is 19.1 Å². The molecule has 0 aliphatic heterocycles. The van der Waals surface area contributed by atoms with Gasteiger partial charge >= 0.3 is 11.9 Å². The molecule has 5 nitrogen and oxygen atoms in total. The molecule has 0 aromatic carbocycles. The number of nitrogens with zero attached hydrogens (tertiary/aromatic N) is 1. The molecule has 0 saturated heterocycles. The summed E-state index contributed by atoms with van der Waals surface area (Å²) in [6.45, 7) is 3.17. The average molecular weight is 550 g/mol. The Morgan fingerprint density at radius 2 is 1.15 bits per heavy atom. The van der Waals surface area contributed by atoms with Gasteiger partial charge in [-0.15, -0.1) is 0 Å². The Hall–Kier alpha value is -1.62. The molecule has 228 valence electrons. The van der Waals surface area contributed by atoms with Gasteiger partial charge in [0.05, 0.1) is 7.11 Å². The summed E-state index contributed by atoms with van der Waals surface area (Å²) in [5.74, 6) is -0.129. The van der Waals surface area contributed by atoms with Crippen molar-refractivity contribution in [2.75, 3.05) is 27.7 Å². The Labute approximate surface area is 242 Å². The van der Waals surface area contributed by atoms with Gasteiger partial charge in [-0.3, -0.25) is 9.59 Å². The molecule has 39 heavy (non-hydrogen) atoms. The molecule has 0 aromatic rings. The molecule has 0 radical (unpaired) electrons. The van der Waals surface area contributed by atoms with Crippen molar-refractivity contribution < 1.29 is 19.1 Å². The molecule has 0 aliphatic rings. The van der Waals surface area contributed by atoms with E-state index in [9.17, 15) is 9.59 Å². The number of esters is 2. The molecule has 0 N–H and O–H groups in total. The van der Waals surface area contributed by atoms with Gasteiger partial charge in [-0.1, -0.05) is 89.0 Å². The number of carbonyl (C=O) groups is 2. The zero-order valence-corrected chi connectivity index (χ0v) is 26.2. The number of carbonyl (C=O) groups excluding carboxylic acids is 2. The number of methoxy groups -OCH3 is 1. The van der Waals surface area contributed by atoms with E-state index in [1.54, 1.807) is 0 Å². The molecule has 0 heterocycles. The Bertz CT molecular complexity index is 614. The molecule has 1 unspecified atom stereocenters. The third-order valence-electron chi connectivity index (χ3n) is 7.12. The van der Waals surface area contributed by atoms with Gasteiger partial charge < -0.3 is 14.4 Å². The largest absolute Gasteiger partial charge is 0.469 e. The predicted octanol–water partition coefficient (Wildman–Crippen LogP) is 9.35. The molecule has 0 fully saturated rings. The summed E-state index contributed by atoms with van der Waals surface area (Å²) >= 11 is 0. The number of ether oxygens (including phenoxy) is 2. The molecule has 0 aliphatic carbocycles. The van der Waals surface area contributed by atoms with Gasteiger partial charge in [0.2, 0.25) is 0 Å². The van der Waals surface area contributed by atoms with Crippen molar-refractivity contribution in [1.29, 1.82) is 0 Å². The summed E-state index contributed by atoms with van der Waals surface area (Å²) in [6.07, 6.45) is 33.6. The molecule has 0 bridgehead atoms. The topological polar surface area (TPSA) is 55.8 Å². The summed E-state index contributed by atoms with van der Waals surface area (Å²) in [5.41, 5.74) is 0. The first-order valence-corrected chi connectivity index (χ1v) is 16.2. The van der Waals surface area contributed by atoms with Gasteiger partial charge in [-0.25, -0.2) is 0 Å². The van der Waals surface area contributed by atoms with Crippen LogP contribution in [0.4, 0.5) is 0 Å². The van der Waals surface area contributed by atoms with E-state index >= 15 is 0 Å². The van der Waals surface area contributed by atoms with Crippen molar-refractivity contribution in [3.63, 3.8) is 0 Å². The maximum absolute atomic E-state index is 12.3. The van der Waals surface area contributed by atoms with Crippen LogP contribution >= 0.6 is 0 Å². The van der Waals surface area contributed by atoms with Gasteiger partial charge in [0.15, 0.2) is 0 Å². The Balaban J connectivity index is 3.92. The van der Waals surface area contributed by atoms with Crippen molar-refractivity contribution in [2.45, 2.75) is 154 Å². The lowest BCUT2D eigenvalue weighted by molar-refractivity contribution is -0.149. The van der Waals surface area contributed by atoms with Gasteiger partial charge in [-0.05, 0) is 84.8 Å². The molecule has 1 atom stereocenters. The second-order valence-electron chi connectivity index (χ2n) is 11.3. The van der Waals surface area contributed by atoms with E-state index in [-0.39, 0.29) is 18.0 Å². The van der Waals surface area contributed by atoms with E-state index in [4.69, 9.17) is 4.74 Å². The number of hydrogen-bond donors (Lipinski definition) is 0. The van der Waals surface area contributed by atoms with Gasteiger partial charge in [0.25, 0.3) is 0 Å². The van der Waals surface area contributed by atoms with E-state index in [2.05, 4.69) is 40.9 Å². The summed E-state index contributed by atoms with van der Waals surface area (Å²) in [6, 6.07) is 0. The van der Waals surface area contributed by atoms with Gasteiger partial charge in [0.1, 0.15) is 6.10 Å². The number of hydrogen-bond acceptors (Lipinski definition) is 5. The molecule has 0 saturated carbocycles. The minimum Gasteiger partial charge on any atom is -0.469 e. The highest BCUT2D eigenvalue weighted by Gasteiger charge is 2.13. The van der Waals surface area contributed by atoms with Crippen LogP contribution in [0.3, 0.4) is 0 Å². The van der Waals surface area contributed by atoms with Crippen LogP contribution in [0, 0.1) is 0 Å². The van der Waals surface area contributed by atoms with E-state index in [1.165, 1.54) is 90.6 Å². The fraction of sp³-hybridized carbons (Fsp3) is 0.824. The van der Waals surface area contributed by atoms with E-state index in [0.717, 1.165) is 51.5 Å². The maximum Gasteiger partial charge on any atom is 0.306 e. The van der Waals surface area contributed by atoms with Crippen LogP contribution < -0.4 is 0 Å². The van der Waals surface area contributed by atoms with Crippen LogP contribution in [0.25, 0.3) is 0 Å². The van der Waals surface area contributed by atoms with Crippen LogP contribution in [0.5, 0.6) is 0 Å². The highest BCUT2D eigenvalue weighted by Crippen LogP contribution is 2.15. The quantitative estimate of drug-likeness (QED) is 0.0553. The SMILES string of the molecule is CCCCCCCCC(C/C=C/CCCCC/C=C\CCCCCCCC(=O)OC)OC(=O)CCCN(C)C. The first-order chi connectivity index (χ1) is 19.0. The average Bonchev–Trinajstić information content (AvgIpc) is 2.91. The summed E-state index contributed by atoms with van der Waals surface area (Å²) in [5, 5.41) is 0. The molecular formula is C34H63NO4. The van der Waals surface area contributed by atoms with Crippen molar-refractivity contribution >= 4 is 11.9 Å². The smallest absolute Gasteiger partial charge is 0.306 e. The summed E-state index contributed by atoms with van der Waals surface area (Å²) in [7, 11) is 5.53. The third kappa shape index (κ3) is 29.2. The van der Waals surface area contributed by atoms with Crippen LogP contribution in [0.15, 0.2) is 24.3 Å². The molecular weight excluding hydrogens is 486 g/mol. The Morgan fingerprint density at radius 3 is 1.77 bits per heavy atom. The number of rotatable bonds is 28. The fourth-order valence-electron chi connectivity index (χ4n) is 4.63. The summed E-state index contributed by atoms with van der Waals surface area (Å²) in [4.78, 5) is 25.5. The highest BCUT2D eigenvalue weighted by atomic mass is 16.5. The lowest BCUT2D eigenvalue weighted by Crippen LogP contribution is -2.19. The highest BCUT2D eigenvalue weighted by molar-refractivity contribution is 5.69. The van der Waals surface area contributed by atoms with Crippen molar-refractivity contribution in [1.82, 2.24) is 4.90 Å². The lowest BCUT2D eigenvalue weighted by atomic mass is 10.0. The van der Waals surface area contributed by atoms with Gasteiger partial charge in [-0.2, -0.15) is 0 Å². The van der Waals surface area contributed by atoms with E-state index in [1.807, 2.05) is 14.1 Å². The van der Waals surface area contributed by atoms with Crippen molar-refractivity contribution in [3.05, 3.63) is 24.3 Å². The number of unbranched alkanes of at least 4 members (excludes halogenated alkanes) is 14. The number of allylic oxidation sites excluding steroid dienone is 3. The second-order valence-corrected chi connectivity index (χ2v) is 11.3. The second kappa shape index (κ2) is 29.4. The normalized spacial score (nSPS) is 12.5. The zero-order valence-electron chi connectivity index (χ0n) is 26.2. The zero-order chi connectivity index (χ0) is 28.8. The van der Waals surface area contributed by atoms with Gasteiger partial charge in [0, 0.05) is 19.3 Å². The first kappa shape index (κ1) is 37.4.